The van der Waals surface area contributed by atoms with Crippen molar-refractivity contribution in [2.75, 3.05) is 7.11 Å². The normalized spacial score (nSPS) is 9.89. The van der Waals surface area contributed by atoms with Gasteiger partial charge in [0.15, 0.2) is 0 Å². The Kier molecular flexibility index (Phi) is 2.33. The fraction of sp³-hybridized carbons (Fsp3) is 0.286. The van der Waals surface area contributed by atoms with Crippen molar-refractivity contribution in [3.63, 3.8) is 0 Å². The molecule has 49 valence electrons. The van der Waals surface area contributed by atoms with Crippen LogP contribution in [0.15, 0.2) is 22.8 Å². The first kappa shape index (κ1) is 6.36. The molecule has 0 amide bonds. The third kappa shape index (κ3) is 1.90. The lowest BCUT2D eigenvalue weighted by Crippen LogP contribution is -1.83. The number of furan rings is 1. The molecule has 0 fully saturated rings. The van der Waals surface area contributed by atoms with Crippen molar-refractivity contribution in [1.29, 1.82) is 0 Å². The zero-order valence-corrected chi connectivity index (χ0v) is 5.33. The maximum atomic E-state index is 5.02. The summed E-state index contributed by atoms with van der Waals surface area (Å²) in [6.45, 7) is 1.69. The van der Waals surface area contributed by atoms with Crippen molar-refractivity contribution >= 4 is 0 Å². The van der Waals surface area contributed by atoms with Gasteiger partial charge in [-0.05, 0) is 12.1 Å². The third-order valence-corrected chi connectivity index (χ3v) is 1.03. The lowest BCUT2D eigenvalue weighted by atomic mass is 10.3. The van der Waals surface area contributed by atoms with Gasteiger partial charge in [-0.1, -0.05) is 0 Å². The van der Waals surface area contributed by atoms with Crippen molar-refractivity contribution < 1.29 is 9.15 Å². The van der Waals surface area contributed by atoms with E-state index in [9.17, 15) is 0 Å². The van der Waals surface area contributed by atoms with Crippen LogP contribution in [-0.2, 0) is 11.2 Å². The maximum absolute atomic E-state index is 5.02. The molecular formula is C7H9O2. The number of hydrogen-bond acceptors (Lipinski definition) is 2. The van der Waals surface area contributed by atoms with Gasteiger partial charge in [0, 0.05) is 13.5 Å². The molecule has 0 bridgehead atoms. The maximum Gasteiger partial charge on any atom is 0.106 e. The first-order chi connectivity index (χ1) is 4.43. The molecule has 1 aromatic heterocycles. The molecule has 9 heavy (non-hydrogen) atoms. The Morgan fingerprint density at radius 3 is 3.22 bits per heavy atom. The molecule has 0 unspecified atom stereocenters. The summed E-state index contributed by atoms with van der Waals surface area (Å²) >= 11 is 0. The molecule has 0 aliphatic carbocycles. The smallest absolute Gasteiger partial charge is 0.106 e. The van der Waals surface area contributed by atoms with Crippen LogP contribution in [0.5, 0.6) is 0 Å². The number of rotatable bonds is 3. The molecule has 1 rings (SSSR count). The largest absolute Gasteiger partial charge is 0.469 e. The zero-order chi connectivity index (χ0) is 6.53. The SMILES string of the molecule is CO[CH]Cc1ccco1. The quantitative estimate of drug-likeness (QED) is 0.612. The van der Waals surface area contributed by atoms with E-state index >= 15 is 0 Å². The minimum atomic E-state index is 0.740. The van der Waals surface area contributed by atoms with Crippen LogP contribution in [0.1, 0.15) is 5.76 Å². The molecule has 0 atom stereocenters. The summed E-state index contributed by atoms with van der Waals surface area (Å²) in [5.41, 5.74) is 0. The fourth-order valence-electron chi connectivity index (χ4n) is 0.594. The van der Waals surface area contributed by atoms with Gasteiger partial charge in [0.1, 0.15) is 5.76 Å². The van der Waals surface area contributed by atoms with Crippen molar-refractivity contribution in [3.05, 3.63) is 30.8 Å². The molecular weight excluding hydrogens is 116 g/mol. The minimum Gasteiger partial charge on any atom is -0.469 e. The van der Waals surface area contributed by atoms with Crippen LogP contribution in [0.3, 0.4) is 0 Å². The van der Waals surface area contributed by atoms with Crippen LogP contribution in [0.4, 0.5) is 0 Å². The van der Waals surface area contributed by atoms with E-state index in [1.54, 1.807) is 20.0 Å². The first-order valence-corrected chi connectivity index (χ1v) is 2.80. The van der Waals surface area contributed by atoms with Gasteiger partial charge in [-0.2, -0.15) is 0 Å². The molecule has 0 aromatic carbocycles. The predicted octanol–water partition coefficient (Wildman–Crippen LogP) is 1.63. The minimum absolute atomic E-state index is 0.740. The Morgan fingerprint density at radius 2 is 2.67 bits per heavy atom. The lowest BCUT2D eigenvalue weighted by molar-refractivity contribution is 0.265. The van der Waals surface area contributed by atoms with Gasteiger partial charge < -0.3 is 9.15 Å². The van der Waals surface area contributed by atoms with Gasteiger partial charge in [0.2, 0.25) is 0 Å². The average Bonchev–Trinajstić information content (AvgIpc) is 2.34. The Balaban J connectivity index is 2.30. The Hall–Kier alpha value is -0.760. The van der Waals surface area contributed by atoms with Crippen molar-refractivity contribution in [2.24, 2.45) is 0 Å². The van der Waals surface area contributed by atoms with E-state index < -0.39 is 0 Å². The number of methoxy groups -OCH3 is 1. The summed E-state index contributed by atoms with van der Waals surface area (Å²) in [5.74, 6) is 0.928. The van der Waals surface area contributed by atoms with Crippen LogP contribution < -0.4 is 0 Å². The molecule has 0 saturated carbocycles. The van der Waals surface area contributed by atoms with Crippen LogP contribution in [-0.4, -0.2) is 7.11 Å². The van der Waals surface area contributed by atoms with Gasteiger partial charge >= 0.3 is 0 Å². The molecule has 0 spiro atoms. The van der Waals surface area contributed by atoms with E-state index in [1.165, 1.54) is 0 Å². The van der Waals surface area contributed by atoms with Gasteiger partial charge in [-0.3, -0.25) is 0 Å². The summed E-state index contributed by atoms with van der Waals surface area (Å²) in [4.78, 5) is 0. The molecule has 0 aliphatic heterocycles. The fourth-order valence-corrected chi connectivity index (χ4v) is 0.594. The third-order valence-electron chi connectivity index (χ3n) is 1.03. The monoisotopic (exact) mass is 125 g/mol. The average molecular weight is 125 g/mol. The number of hydrogen-bond donors (Lipinski definition) is 0. The van der Waals surface area contributed by atoms with Gasteiger partial charge in [0.05, 0.1) is 12.9 Å². The van der Waals surface area contributed by atoms with Crippen LogP contribution in [0.25, 0.3) is 0 Å². The molecule has 0 N–H and O–H groups in total. The van der Waals surface area contributed by atoms with E-state index in [-0.39, 0.29) is 0 Å². The standard InChI is InChI=1S/C7H9O2/c1-8-6-4-7-3-2-5-9-7/h2-3,5-6H,4H2,1H3. The van der Waals surface area contributed by atoms with E-state index in [0.29, 0.717) is 0 Å². The molecule has 1 aromatic rings. The number of ether oxygens (including phenoxy) is 1. The van der Waals surface area contributed by atoms with E-state index in [0.717, 1.165) is 12.2 Å². The molecule has 2 nitrogen and oxygen atoms in total. The van der Waals surface area contributed by atoms with Gasteiger partial charge in [-0.15, -0.1) is 0 Å². The van der Waals surface area contributed by atoms with Crippen molar-refractivity contribution in [3.8, 4) is 0 Å². The van der Waals surface area contributed by atoms with E-state index in [4.69, 9.17) is 9.15 Å². The molecule has 0 saturated heterocycles. The molecule has 2 heteroatoms. The Labute approximate surface area is 54.4 Å². The van der Waals surface area contributed by atoms with Crippen LogP contribution in [0, 0.1) is 6.61 Å². The van der Waals surface area contributed by atoms with Crippen LogP contribution >= 0.6 is 0 Å². The Bertz CT molecular complexity index is 144. The van der Waals surface area contributed by atoms with Gasteiger partial charge in [0.25, 0.3) is 0 Å². The first-order valence-electron chi connectivity index (χ1n) is 2.80. The van der Waals surface area contributed by atoms with E-state index in [2.05, 4.69) is 0 Å². The lowest BCUT2D eigenvalue weighted by Gasteiger charge is -1.91. The molecule has 1 radical (unpaired) electrons. The Morgan fingerprint density at radius 1 is 1.78 bits per heavy atom. The summed E-state index contributed by atoms with van der Waals surface area (Å²) < 4.78 is 9.75. The highest BCUT2D eigenvalue weighted by atomic mass is 16.5. The highest BCUT2D eigenvalue weighted by Gasteiger charge is 1.92. The second-order valence-corrected chi connectivity index (χ2v) is 1.69. The summed E-state index contributed by atoms with van der Waals surface area (Å²) in [7, 11) is 1.63. The van der Waals surface area contributed by atoms with Crippen molar-refractivity contribution in [1.82, 2.24) is 0 Å². The molecule has 1 heterocycles. The second-order valence-electron chi connectivity index (χ2n) is 1.69. The topological polar surface area (TPSA) is 22.4 Å². The highest BCUT2D eigenvalue weighted by molar-refractivity contribution is 4.99. The second kappa shape index (κ2) is 3.30. The summed E-state index contributed by atoms with van der Waals surface area (Å²) in [5, 5.41) is 0. The van der Waals surface area contributed by atoms with Gasteiger partial charge in [-0.25, -0.2) is 0 Å². The van der Waals surface area contributed by atoms with E-state index in [1.807, 2.05) is 12.1 Å². The summed E-state index contributed by atoms with van der Waals surface area (Å²) in [6, 6.07) is 3.77. The van der Waals surface area contributed by atoms with Crippen molar-refractivity contribution in [2.45, 2.75) is 6.42 Å². The highest BCUT2D eigenvalue weighted by Crippen LogP contribution is 2.01. The predicted molar refractivity (Wildman–Crippen MR) is 33.7 cm³/mol. The molecule has 0 aliphatic rings. The zero-order valence-electron chi connectivity index (χ0n) is 5.33. The summed E-state index contributed by atoms with van der Waals surface area (Å²) in [6.07, 6.45) is 2.39. The van der Waals surface area contributed by atoms with Crippen LogP contribution in [0.2, 0.25) is 0 Å².